The van der Waals surface area contributed by atoms with Crippen LogP contribution < -0.4 is 4.74 Å². The highest BCUT2D eigenvalue weighted by Gasteiger charge is 2.19. The van der Waals surface area contributed by atoms with E-state index in [1.807, 2.05) is 17.7 Å². The summed E-state index contributed by atoms with van der Waals surface area (Å²) in [5.41, 5.74) is 0.968. The summed E-state index contributed by atoms with van der Waals surface area (Å²) >= 11 is 6.05. The van der Waals surface area contributed by atoms with E-state index < -0.39 is 0 Å². The van der Waals surface area contributed by atoms with E-state index in [9.17, 15) is 0 Å². The molecule has 1 unspecified atom stereocenters. The van der Waals surface area contributed by atoms with Crippen molar-refractivity contribution in [2.24, 2.45) is 5.92 Å². The van der Waals surface area contributed by atoms with Crippen LogP contribution in [0.3, 0.4) is 0 Å². The van der Waals surface area contributed by atoms with Crippen molar-refractivity contribution in [3.8, 4) is 5.88 Å². The molecule has 3 heterocycles. The molecule has 5 nitrogen and oxygen atoms in total. The normalized spacial score (nSPS) is 19.2. The molecule has 3 rings (SSSR count). The van der Waals surface area contributed by atoms with Crippen LogP contribution >= 0.6 is 11.6 Å². The molecule has 6 heteroatoms. The van der Waals surface area contributed by atoms with Crippen molar-refractivity contribution in [1.29, 1.82) is 0 Å². The third kappa shape index (κ3) is 2.53. The number of halogens is 1. The molecule has 0 aromatic carbocycles. The number of aromatic nitrogens is 3. The molecule has 1 saturated heterocycles. The standard InChI is InChI=1S/C13H16ClN3O2/c1-2-19-13-10-6-15-17(7-9-3-4-18-8-9)11(10)5-12(14)16-13/h5-6,9H,2-4,7-8H2,1H3. The van der Waals surface area contributed by atoms with Crippen LogP contribution in [-0.2, 0) is 11.3 Å². The molecule has 1 aliphatic heterocycles. The zero-order valence-corrected chi connectivity index (χ0v) is 11.6. The maximum atomic E-state index is 6.05. The monoisotopic (exact) mass is 281 g/mol. The molecule has 2 aromatic rings. The summed E-state index contributed by atoms with van der Waals surface area (Å²) in [6, 6.07) is 1.84. The van der Waals surface area contributed by atoms with E-state index in [1.54, 1.807) is 6.20 Å². The van der Waals surface area contributed by atoms with Crippen LogP contribution in [0, 0.1) is 5.92 Å². The molecule has 0 N–H and O–H groups in total. The van der Waals surface area contributed by atoms with Gasteiger partial charge in [0.05, 0.1) is 30.3 Å². The van der Waals surface area contributed by atoms with Gasteiger partial charge in [-0.1, -0.05) is 11.6 Å². The summed E-state index contributed by atoms with van der Waals surface area (Å²) < 4.78 is 12.9. The van der Waals surface area contributed by atoms with Gasteiger partial charge in [-0.05, 0) is 13.3 Å². The summed E-state index contributed by atoms with van der Waals surface area (Å²) in [5.74, 6) is 1.07. The molecular weight excluding hydrogens is 266 g/mol. The van der Waals surface area contributed by atoms with Crippen LogP contribution in [0.4, 0.5) is 0 Å². The maximum absolute atomic E-state index is 6.05. The van der Waals surface area contributed by atoms with Crippen LogP contribution in [0.5, 0.6) is 5.88 Å². The number of fused-ring (bicyclic) bond motifs is 1. The highest BCUT2D eigenvalue weighted by molar-refractivity contribution is 6.30. The zero-order valence-electron chi connectivity index (χ0n) is 10.8. The van der Waals surface area contributed by atoms with Gasteiger partial charge in [0.1, 0.15) is 5.15 Å². The number of ether oxygens (including phenoxy) is 2. The van der Waals surface area contributed by atoms with Gasteiger partial charge in [-0.15, -0.1) is 0 Å². The summed E-state index contributed by atoms with van der Waals surface area (Å²) in [6.45, 7) is 4.98. The lowest BCUT2D eigenvalue weighted by molar-refractivity contribution is 0.182. The third-order valence-electron chi connectivity index (χ3n) is 3.31. The van der Waals surface area contributed by atoms with Crippen LogP contribution in [0.1, 0.15) is 13.3 Å². The minimum atomic E-state index is 0.431. The maximum Gasteiger partial charge on any atom is 0.226 e. The van der Waals surface area contributed by atoms with E-state index in [-0.39, 0.29) is 0 Å². The molecule has 0 aliphatic carbocycles. The predicted octanol–water partition coefficient (Wildman–Crippen LogP) is 2.52. The first-order chi connectivity index (χ1) is 9.28. The van der Waals surface area contributed by atoms with E-state index >= 15 is 0 Å². The van der Waals surface area contributed by atoms with E-state index in [0.29, 0.717) is 23.6 Å². The second kappa shape index (κ2) is 5.35. The minimum absolute atomic E-state index is 0.431. The minimum Gasteiger partial charge on any atom is -0.477 e. The first-order valence-corrected chi connectivity index (χ1v) is 6.88. The number of hydrogen-bond acceptors (Lipinski definition) is 4. The lowest BCUT2D eigenvalue weighted by atomic mass is 10.1. The summed E-state index contributed by atoms with van der Waals surface area (Å²) in [5, 5.41) is 5.76. The second-order valence-electron chi connectivity index (χ2n) is 4.67. The highest BCUT2D eigenvalue weighted by atomic mass is 35.5. The van der Waals surface area contributed by atoms with Gasteiger partial charge in [-0.2, -0.15) is 5.10 Å². The molecule has 19 heavy (non-hydrogen) atoms. The van der Waals surface area contributed by atoms with Crippen molar-refractivity contribution in [1.82, 2.24) is 14.8 Å². The Labute approximate surface area is 116 Å². The Hall–Kier alpha value is -1.33. The summed E-state index contributed by atoms with van der Waals surface area (Å²) in [6.07, 6.45) is 2.87. The fourth-order valence-electron chi connectivity index (χ4n) is 2.38. The van der Waals surface area contributed by atoms with Crippen molar-refractivity contribution < 1.29 is 9.47 Å². The van der Waals surface area contributed by atoms with Crippen molar-refractivity contribution in [3.63, 3.8) is 0 Å². The molecule has 1 aliphatic rings. The van der Waals surface area contributed by atoms with E-state index in [0.717, 1.165) is 37.1 Å². The van der Waals surface area contributed by atoms with Crippen LogP contribution in [0.2, 0.25) is 5.15 Å². The Kier molecular flexibility index (Phi) is 3.57. The number of hydrogen-bond donors (Lipinski definition) is 0. The highest BCUT2D eigenvalue weighted by Crippen LogP contribution is 2.27. The smallest absolute Gasteiger partial charge is 0.226 e. The fourth-order valence-corrected chi connectivity index (χ4v) is 2.56. The Morgan fingerprint density at radius 2 is 2.47 bits per heavy atom. The largest absolute Gasteiger partial charge is 0.477 e. The second-order valence-corrected chi connectivity index (χ2v) is 5.06. The quantitative estimate of drug-likeness (QED) is 0.808. The van der Waals surface area contributed by atoms with Gasteiger partial charge >= 0.3 is 0 Å². The SMILES string of the molecule is CCOc1nc(Cl)cc2c1cnn2CC1CCOC1. The summed E-state index contributed by atoms with van der Waals surface area (Å²) in [7, 11) is 0. The average molecular weight is 282 g/mol. The molecule has 0 radical (unpaired) electrons. The first-order valence-electron chi connectivity index (χ1n) is 6.50. The molecule has 0 spiro atoms. The molecule has 1 atom stereocenters. The topological polar surface area (TPSA) is 49.2 Å². The van der Waals surface area contributed by atoms with Gasteiger partial charge in [-0.3, -0.25) is 4.68 Å². The average Bonchev–Trinajstić information content (AvgIpc) is 3.01. The zero-order chi connectivity index (χ0) is 13.2. The molecule has 102 valence electrons. The first kappa shape index (κ1) is 12.7. The molecule has 1 fully saturated rings. The van der Waals surface area contributed by atoms with Crippen molar-refractivity contribution in [2.75, 3.05) is 19.8 Å². The van der Waals surface area contributed by atoms with Gasteiger partial charge < -0.3 is 9.47 Å². The Morgan fingerprint density at radius 1 is 1.58 bits per heavy atom. The lowest BCUT2D eigenvalue weighted by Gasteiger charge is -2.09. The number of nitrogens with zero attached hydrogens (tertiary/aromatic N) is 3. The van der Waals surface area contributed by atoms with Gasteiger partial charge in [0.25, 0.3) is 0 Å². The van der Waals surface area contributed by atoms with Gasteiger partial charge in [-0.25, -0.2) is 4.98 Å². The Balaban J connectivity index is 1.96. The lowest BCUT2D eigenvalue weighted by Crippen LogP contribution is -2.11. The molecule has 0 saturated carbocycles. The Bertz CT molecular complexity index is 579. The van der Waals surface area contributed by atoms with Gasteiger partial charge in [0.15, 0.2) is 0 Å². The number of pyridine rings is 1. The van der Waals surface area contributed by atoms with E-state index in [4.69, 9.17) is 21.1 Å². The molecule has 0 amide bonds. The van der Waals surface area contributed by atoms with E-state index in [1.165, 1.54) is 0 Å². The fraction of sp³-hybridized carbons (Fsp3) is 0.538. The summed E-state index contributed by atoms with van der Waals surface area (Å²) in [4.78, 5) is 4.20. The van der Waals surface area contributed by atoms with Gasteiger partial charge in [0, 0.05) is 25.1 Å². The van der Waals surface area contributed by atoms with Crippen LogP contribution in [0.15, 0.2) is 12.3 Å². The molecule has 2 aromatic heterocycles. The van der Waals surface area contributed by atoms with Crippen molar-refractivity contribution in [3.05, 3.63) is 17.4 Å². The predicted molar refractivity (Wildman–Crippen MR) is 72.6 cm³/mol. The van der Waals surface area contributed by atoms with Crippen LogP contribution in [-0.4, -0.2) is 34.6 Å². The molecule has 0 bridgehead atoms. The number of rotatable bonds is 4. The molecular formula is C13H16ClN3O2. The van der Waals surface area contributed by atoms with Crippen molar-refractivity contribution >= 4 is 22.5 Å². The van der Waals surface area contributed by atoms with Gasteiger partial charge in [0.2, 0.25) is 5.88 Å². The van der Waals surface area contributed by atoms with Crippen LogP contribution in [0.25, 0.3) is 10.9 Å². The van der Waals surface area contributed by atoms with E-state index in [2.05, 4.69) is 10.1 Å². The third-order valence-corrected chi connectivity index (χ3v) is 3.50. The van der Waals surface area contributed by atoms with Crippen molar-refractivity contribution in [2.45, 2.75) is 19.9 Å². The Morgan fingerprint density at radius 3 is 3.21 bits per heavy atom.